The number of hydrogen-bond donors (Lipinski definition) is 4. The third-order valence-electron chi connectivity index (χ3n) is 1.66. The summed E-state index contributed by atoms with van der Waals surface area (Å²) in [5.74, 6) is -1.72. The summed E-state index contributed by atoms with van der Waals surface area (Å²) in [5.41, 5.74) is 5.18. The first-order valence-corrected chi connectivity index (χ1v) is 4.78. The Labute approximate surface area is 94.4 Å². The van der Waals surface area contributed by atoms with Crippen molar-refractivity contribution in [1.29, 1.82) is 0 Å². The van der Waals surface area contributed by atoms with Gasteiger partial charge in [0.25, 0.3) is 0 Å². The lowest BCUT2D eigenvalue weighted by atomic mass is 10.1. The first-order valence-electron chi connectivity index (χ1n) is 4.78. The summed E-state index contributed by atoms with van der Waals surface area (Å²) in [6.45, 7) is 6.44. The molecule has 0 spiro atoms. The normalized spacial score (nSPS) is 13.0. The summed E-state index contributed by atoms with van der Waals surface area (Å²) >= 11 is 0. The van der Waals surface area contributed by atoms with Crippen LogP contribution in [0.4, 0.5) is 0 Å². The van der Waals surface area contributed by atoms with Crippen molar-refractivity contribution in [2.24, 2.45) is 5.73 Å². The number of carbonyl (C=O) groups excluding carboxylic acids is 1. The molecule has 0 saturated carbocycles. The van der Waals surface area contributed by atoms with Crippen LogP contribution in [-0.2, 0) is 9.59 Å². The van der Waals surface area contributed by atoms with Crippen LogP contribution < -0.4 is 5.73 Å². The van der Waals surface area contributed by atoms with Crippen molar-refractivity contribution in [2.75, 3.05) is 0 Å². The maximum absolute atomic E-state index is 10.4. The van der Waals surface area contributed by atoms with Gasteiger partial charge in [-0.05, 0) is 13.3 Å². The minimum Gasteiger partial charge on any atom is -0.479 e. The summed E-state index contributed by atoms with van der Waals surface area (Å²) < 4.78 is 0. The highest BCUT2D eigenvalue weighted by Gasteiger charge is 2.06. The lowest BCUT2D eigenvalue weighted by Gasteiger charge is -2.06. The maximum atomic E-state index is 10.4. The molecule has 0 radical (unpaired) electrons. The van der Waals surface area contributed by atoms with E-state index in [-0.39, 0.29) is 12.0 Å². The van der Waals surface area contributed by atoms with E-state index in [2.05, 4.69) is 6.58 Å². The van der Waals surface area contributed by atoms with E-state index in [9.17, 15) is 9.59 Å². The number of hydrogen-bond acceptors (Lipinski definition) is 4. The molecule has 2 unspecified atom stereocenters. The number of rotatable bonds is 5. The standard InChI is InChI=1S/C7H13NO2.C3H6O3/c1-3-6(9)4-5(2)7(8)10;1-2(4)3(5)6/h6,9H,2-4H2,1H3,(H2,8,10);2,4H,1H3,(H,5,6). The molecule has 16 heavy (non-hydrogen) atoms. The summed E-state index contributed by atoms with van der Waals surface area (Å²) in [7, 11) is 0. The third-order valence-corrected chi connectivity index (χ3v) is 1.66. The minimum atomic E-state index is -1.23. The topological polar surface area (TPSA) is 121 Å². The Morgan fingerprint density at radius 2 is 1.75 bits per heavy atom. The number of aliphatic hydroxyl groups is 2. The van der Waals surface area contributed by atoms with Crippen LogP contribution in [0, 0.1) is 0 Å². The Morgan fingerprint density at radius 1 is 1.38 bits per heavy atom. The molecule has 0 aliphatic carbocycles. The summed E-state index contributed by atoms with van der Waals surface area (Å²) in [6, 6.07) is 0. The van der Waals surface area contributed by atoms with E-state index in [0.29, 0.717) is 6.42 Å². The largest absolute Gasteiger partial charge is 0.479 e. The van der Waals surface area contributed by atoms with E-state index in [0.717, 1.165) is 0 Å². The first kappa shape index (κ1) is 17.0. The number of primary amides is 1. The molecule has 0 rings (SSSR count). The molecule has 6 heteroatoms. The van der Waals surface area contributed by atoms with Crippen LogP contribution in [0.15, 0.2) is 12.2 Å². The molecule has 0 aromatic rings. The second-order valence-electron chi connectivity index (χ2n) is 3.25. The van der Waals surface area contributed by atoms with Gasteiger partial charge in [-0.25, -0.2) is 4.79 Å². The van der Waals surface area contributed by atoms with Gasteiger partial charge in [0.1, 0.15) is 6.10 Å². The molecule has 0 aliphatic heterocycles. The van der Waals surface area contributed by atoms with E-state index in [1.165, 1.54) is 6.92 Å². The van der Waals surface area contributed by atoms with Gasteiger partial charge in [0, 0.05) is 12.0 Å². The quantitative estimate of drug-likeness (QED) is 0.483. The Morgan fingerprint density at radius 3 is 1.94 bits per heavy atom. The minimum absolute atomic E-state index is 0.284. The highest BCUT2D eigenvalue weighted by atomic mass is 16.4. The number of aliphatic hydroxyl groups excluding tert-OH is 2. The van der Waals surface area contributed by atoms with Gasteiger partial charge >= 0.3 is 5.97 Å². The summed E-state index contributed by atoms with van der Waals surface area (Å²) in [6.07, 6.45) is -0.817. The van der Waals surface area contributed by atoms with Crippen LogP contribution in [0.1, 0.15) is 26.7 Å². The molecule has 0 aromatic carbocycles. The van der Waals surface area contributed by atoms with Crippen molar-refractivity contribution < 1.29 is 24.9 Å². The number of carboxylic acids is 1. The van der Waals surface area contributed by atoms with E-state index in [1.807, 2.05) is 6.92 Å². The van der Waals surface area contributed by atoms with E-state index >= 15 is 0 Å². The van der Waals surface area contributed by atoms with E-state index in [1.54, 1.807) is 0 Å². The van der Waals surface area contributed by atoms with Crippen LogP contribution in [0.2, 0.25) is 0 Å². The zero-order valence-corrected chi connectivity index (χ0v) is 9.51. The average molecular weight is 233 g/mol. The predicted molar refractivity (Wildman–Crippen MR) is 58.6 cm³/mol. The predicted octanol–water partition coefficient (Wildman–Crippen LogP) is -0.359. The SMILES string of the molecule is C=C(CC(O)CC)C(N)=O.CC(O)C(=O)O. The van der Waals surface area contributed by atoms with Crippen molar-refractivity contribution in [3.8, 4) is 0 Å². The van der Waals surface area contributed by atoms with Crippen LogP contribution in [0.5, 0.6) is 0 Å². The molecular formula is C10H19NO5. The smallest absolute Gasteiger partial charge is 0.332 e. The van der Waals surface area contributed by atoms with Gasteiger partial charge < -0.3 is 21.1 Å². The molecule has 0 saturated heterocycles. The average Bonchev–Trinajstić information content (AvgIpc) is 2.18. The van der Waals surface area contributed by atoms with E-state index in [4.69, 9.17) is 21.1 Å². The van der Waals surface area contributed by atoms with Crippen molar-refractivity contribution in [1.82, 2.24) is 0 Å². The second-order valence-corrected chi connectivity index (χ2v) is 3.25. The van der Waals surface area contributed by atoms with Crippen molar-refractivity contribution in [2.45, 2.75) is 38.9 Å². The van der Waals surface area contributed by atoms with Crippen LogP contribution in [-0.4, -0.2) is 39.4 Å². The zero-order valence-electron chi connectivity index (χ0n) is 9.51. The molecule has 0 fully saturated rings. The Hall–Kier alpha value is -1.40. The van der Waals surface area contributed by atoms with Crippen LogP contribution >= 0.6 is 0 Å². The lowest BCUT2D eigenvalue weighted by molar-refractivity contribution is -0.145. The molecule has 0 bridgehead atoms. The van der Waals surface area contributed by atoms with Gasteiger partial charge in [-0.1, -0.05) is 13.5 Å². The van der Waals surface area contributed by atoms with Crippen LogP contribution in [0.25, 0.3) is 0 Å². The van der Waals surface area contributed by atoms with Gasteiger partial charge in [0.05, 0.1) is 6.10 Å². The van der Waals surface area contributed by atoms with Gasteiger partial charge in [0.15, 0.2) is 0 Å². The molecule has 1 amide bonds. The first-order chi connectivity index (χ1) is 7.22. The van der Waals surface area contributed by atoms with Gasteiger partial charge in [-0.15, -0.1) is 0 Å². The molecular weight excluding hydrogens is 214 g/mol. The monoisotopic (exact) mass is 233 g/mol. The number of carbonyl (C=O) groups is 2. The fourth-order valence-corrected chi connectivity index (χ4v) is 0.529. The fraction of sp³-hybridized carbons (Fsp3) is 0.600. The molecule has 6 nitrogen and oxygen atoms in total. The molecule has 0 heterocycles. The number of aliphatic carboxylic acids is 1. The van der Waals surface area contributed by atoms with Gasteiger partial charge in [-0.3, -0.25) is 4.79 Å². The Bertz CT molecular complexity index is 250. The lowest BCUT2D eigenvalue weighted by Crippen LogP contribution is -2.17. The number of amides is 1. The number of nitrogens with two attached hydrogens (primary N) is 1. The third kappa shape index (κ3) is 10.7. The maximum Gasteiger partial charge on any atom is 0.332 e. The molecule has 94 valence electrons. The van der Waals surface area contributed by atoms with Gasteiger partial charge in [-0.2, -0.15) is 0 Å². The molecule has 2 atom stereocenters. The Kier molecular flexibility index (Phi) is 9.43. The number of carboxylic acid groups (broad SMARTS) is 1. The van der Waals surface area contributed by atoms with E-state index < -0.39 is 24.1 Å². The van der Waals surface area contributed by atoms with Gasteiger partial charge in [0.2, 0.25) is 5.91 Å². The molecule has 0 aromatic heterocycles. The van der Waals surface area contributed by atoms with Crippen molar-refractivity contribution in [3.63, 3.8) is 0 Å². The van der Waals surface area contributed by atoms with Crippen molar-refractivity contribution in [3.05, 3.63) is 12.2 Å². The molecule has 0 aliphatic rings. The Balaban J connectivity index is 0. The van der Waals surface area contributed by atoms with Crippen molar-refractivity contribution >= 4 is 11.9 Å². The highest BCUT2D eigenvalue weighted by molar-refractivity contribution is 5.91. The molecule has 5 N–H and O–H groups in total. The van der Waals surface area contributed by atoms with Crippen LogP contribution in [0.3, 0.4) is 0 Å². The fourth-order valence-electron chi connectivity index (χ4n) is 0.529. The second kappa shape index (κ2) is 8.87. The highest BCUT2D eigenvalue weighted by Crippen LogP contribution is 2.04. The summed E-state index contributed by atoms with van der Waals surface area (Å²) in [4.78, 5) is 19.8. The summed E-state index contributed by atoms with van der Waals surface area (Å²) in [5, 5.41) is 24.8. The zero-order chi connectivity index (χ0) is 13.3.